The molecule has 3 aromatic rings. The van der Waals surface area contributed by atoms with Crippen molar-refractivity contribution in [3.8, 4) is 11.5 Å². The predicted molar refractivity (Wildman–Crippen MR) is 122 cm³/mol. The van der Waals surface area contributed by atoms with Gasteiger partial charge in [-0.15, -0.1) is 0 Å². The Bertz CT molecular complexity index is 1080. The first-order valence-corrected chi connectivity index (χ1v) is 11.0. The summed E-state index contributed by atoms with van der Waals surface area (Å²) in [6.45, 7) is 0. The second-order valence-corrected chi connectivity index (χ2v) is 8.19. The van der Waals surface area contributed by atoms with Crippen LogP contribution in [0, 0.1) is 5.92 Å². The van der Waals surface area contributed by atoms with Crippen molar-refractivity contribution in [1.29, 1.82) is 0 Å². The molecule has 2 aromatic heterocycles. The fourth-order valence-corrected chi connectivity index (χ4v) is 4.23. The van der Waals surface area contributed by atoms with Gasteiger partial charge in [0.25, 0.3) is 5.56 Å². The second kappa shape index (κ2) is 10.3. The Kier molecular flexibility index (Phi) is 7.07. The number of carbonyl (C=O) groups excluding carboxylic acids is 1. The molecule has 32 heavy (non-hydrogen) atoms. The van der Waals surface area contributed by atoms with Crippen molar-refractivity contribution in [3.05, 3.63) is 82.4 Å². The maximum absolute atomic E-state index is 13.1. The normalized spacial score (nSPS) is 19.3. The largest absolute Gasteiger partial charge is 0.381 e. The van der Waals surface area contributed by atoms with Gasteiger partial charge < -0.3 is 15.0 Å². The summed E-state index contributed by atoms with van der Waals surface area (Å²) in [5, 5.41) is 3.22. The van der Waals surface area contributed by atoms with Crippen molar-refractivity contribution in [1.82, 2.24) is 20.3 Å². The summed E-state index contributed by atoms with van der Waals surface area (Å²) in [7, 11) is 1.73. The summed E-state index contributed by atoms with van der Waals surface area (Å²) < 4.78 is 5.43. The molecule has 1 aliphatic rings. The van der Waals surface area contributed by atoms with Gasteiger partial charge in [0.1, 0.15) is 5.69 Å². The number of amides is 1. The molecule has 0 spiro atoms. The molecule has 1 amide bonds. The van der Waals surface area contributed by atoms with E-state index in [1.54, 1.807) is 19.4 Å². The van der Waals surface area contributed by atoms with Gasteiger partial charge >= 0.3 is 0 Å². The first-order chi connectivity index (χ1) is 15.6. The lowest BCUT2D eigenvalue weighted by molar-refractivity contribution is -0.127. The molecule has 2 N–H and O–H groups in total. The van der Waals surface area contributed by atoms with Crippen LogP contribution in [0.2, 0.25) is 0 Å². The standard InChI is InChI=1S/C25H28N4O3/c1-32-20-12-10-18(11-13-20)25(31)28-22(17-7-3-2-4-8-17)15-19-16-23(30)29-24(27-19)21-9-5-6-14-26-21/h2-9,14,16,18,20,22H,10-13,15H2,1H3,(H,28,31)(H,27,29,30)/t18?,20?,22-/m1/s1. The molecule has 0 bridgehead atoms. The minimum absolute atomic E-state index is 0.0242. The van der Waals surface area contributed by atoms with E-state index < -0.39 is 0 Å². The number of rotatable bonds is 7. The van der Waals surface area contributed by atoms with Crippen LogP contribution in [-0.2, 0) is 16.0 Å². The van der Waals surface area contributed by atoms with E-state index in [-0.39, 0.29) is 29.5 Å². The number of hydrogen-bond donors (Lipinski definition) is 2. The Hall–Kier alpha value is -3.32. The van der Waals surface area contributed by atoms with E-state index in [4.69, 9.17) is 4.74 Å². The van der Waals surface area contributed by atoms with Crippen LogP contribution in [0.5, 0.6) is 0 Å². The van der Waals surface area contributed by atoms with E-state index >= 15 is 0 Å². The maximum atomic E-state index is 13.1. The van der Waals surface area contributed by atoms with E-state index in [0.717, 1.165) is 31.2 Å². The van der Waals surface area contributed by atoms with Gasteiger partial charge in [-0.1, -0.05) is 36.4 Å². The number of aromatic nitrogens is 3. The van der Waals surface area contributed by atoms with Crippen LogP contribution < -0.4 is 10.9 Å². The summed E-state index contributed by atoms with van der Waals surface area (Å²) in [5.41, 5.74) is 1.94. The van der Waals surface area contributed by atoms with Crippen LogP contribution in [-0.4, -0.2) is 34.1 Å². The molecule has 2 heterocycles. The van der Waals surface area contributed by atoms with Crippen LogP contribution in [0.15, 0.2) is 65.6 Å². The highest BCUT2D eigenvalue weighted by Crippen LogP contribution is 2.27. The molecular formula is C25H28N4O3. The monoisotopic (exact) mass is 432 g/mol. The van der Waals surface area contributed by atoms with Crippen molar-refractivity contribution in [2.45, 2.75) is 44.2 Å². The van der Waals surface area contributed by atoms with Crippen LogP contribution in [0.1, 0.15) is 43.0 Å². The zero-order valence-electron chi connectivity index (χ0n) is 18.2. The Morgan fingerprint density at radius 2 is 1.88 bits per heavy atom. The van der Waals surface area contributed by atoms with Gasteiger partial charge in [-0.25, -0.2) is 4.98 Å². The topological polar surface area (TPSA) is 97.0 Å². The third-order valence-corrected chi connectivity index (χ3v) is 6.01. The highest BCUT2D eigenvalue weighted by Gasteiger charge is 2.28. The Morgan fingerprint density at radius 3 is 2.56 bits per heavy atom. The lowest BCUT2D eigenvalue weighted by Crippen LogP contribution is -2.37. The van der Waals surface area contributed by atoms with Crippen molar-refractivity contribution in [2.75, 3.05) is 7.11 Å². The number of benzene rings is 1. The number of pyridine rings is 1. The van der Waals surface area contributed by atoms with Crippen LogP contribution in [0.4, 0.5) is 0 Å². The lowest BCUT2D eigenvalue weighted by atomic mass is 9.86. The number of aromatic amines is 1. The van der Waals surface area contributed by atoms with E-state index in [0.29, 0.717) is 23.6 Å². The van der Waals surface area contributed by atoms with E-state index in [9.17, 15) is 9.59 Å². The molecule has 7 nitrogen and oxygen atoms in total. The first-order valence-electron chi connectivity index (χ1n) is 11.0. The van der Waals surface area contributed by atoms with Gasteiger partial charge in [0.05, 0.1) is 17.8 Å². The third kappa shape index (κ3) is 5.48. The summed E-state index contributed by atoms with van der Waals surface area (Å²) >= 11 is 0. The highest BCUT2D eigenvalue weighted by atomic mass is 16.5. The molecule has 1 atom stereocenters. The van der Waals surface area contributed by atoms with Crippen LogP contribution in [0.3, 0.4) is 0 Å². The number of hydrogen-bond acceptors (Lipinski definition) is 5. The van der Waals surface area contributed by atoms with Crippen molar-refractivity contribution < 1.29 is 9.53 Å². The molecule has 1 fully saturated rings. The van der Waals surface area contributed by atoms with Gasteiger partial charge in [0.15, 0.2) is 5.82 Å². The Morgan fingerprint density at radius 1 is 1.12 bits per heavy atom. The Labute approximate surface area is 187 Å². The second-order valence-electron chi connectivity index (χ2n) is 8.19. The zero-order chi connectivity index (χ0) is 22.3. The number of ether oxygens (including phenoxy) is 1. The number of H-pyrrole nitrogens is 1. The van der Waals surface area contributed by atoms with Crippen LogP contribution >= 0.6 is 0 Å². The molecular weight excluding hydrogens is 404 g/mol. The van der Waals surface area contributed by atoms with Crippen LogP contribution in [0.25, 0.3) is 11.5 Å². The number of nitrogens with zero attached hydrogens (tertiary/aromatic N) is 2. The van der Waals surface area contributed by atoms with E-state index in [2.05, 4.69) is 20.3 Å². The van der Waals surface area contributed by atoms with Gasteiger partial charge in [-0.05, 0) is 43.4 Å². The molecule has 0 saturated heterocycles. The number of nitrogens with one attached hydrogen (secondary N) is 2. The van der Waals surface area contributed by atoms with Crippen molar-refractivity contribution >= 4 is 5.91 Å². The van der Waals surface area contributed by atoms with Gasteiger partial charge in [0, 0.05) is 31.7 Å². The molecule has 1 saturated carbocycles. The first kappa shape index (κ1) is 21.9. The van der Waals surface area contributed by atoms with Gasteiger partial charge in [-0.2, -0.15) is 0 Å². The summed E-state index contributed by atoms with van der Waals surface area (Å²) in [6.07, 6.45) is 5.74. The van der Waals surface area contributed by atoms with Crippen molar-refractivity contribution in [3.63, 3.8) is 0 Å². The zero-order valence-corrected chi connectivity index (χ0v) is 18.2. The minimum atomic E-state index is -0.283. The fraction of sp³-hybridized carbons (Fsp3) is 0.360. The molecule has 1 aliphatic carbocycles. The molecule has 0 radical (unpaired) electrons. The summed E-state index contributed by atoms with van der Waals surface area (Å²) in [4.78, 5) is 37.0. The maximum Gasteiger partial charge on any atom is 0.251 e. The fourth-order valence-electron chi connectivity index (χ4n) is 4.23. The minimum Gasteiger partial charge on any atom is -0.381 e. The third-order valence-electron chi connectivity index (χ3n) is 6.01. The number of methoxy groups -OCH3 is 1. The smallest absolute Gasteiger partial charge is 0.251 e. The molecule has 7 heteroatoms. The molecule has 1 aromatic carbocycles. The molecule has 4 rings (SSSR count). The average molecular weight is 433 g/mol. The molecule has 0 aliphatic heterocycles. The summed E-state index contributed by atoms with van der Waals surface area (Å²) in [6, 6.07) is 16.5. The molecule has 166 valence electrons. The number of carbonyl (C=O) groups is 1. The SMILES string of the molecule is COC1CCC(C(=O)N[C@H](Cc2cc(=O)[nH]c(-c3ccccn3)n2)c2ccccc2)CC1. The quantitative estimate of drug-likeness (QED) is 0.596. The van der Waals surface area contributed by atoms with Gasteiger partial charge in [-0.3, -0.25) is 14.6 Å². The summed E-state index contributed by atoms with van der Waals surface area (Å²) in [5.74, 6) is 0.441. The Balaban J connectivity index is 1.55. The van der Waals surface area contributed by atoms with E-state index in [1.807, 2.05) is 42.5 Å². The van der Waals surface area contributed by atoms with Crippen molar-refractivity contribution in [2.24, 2.45) is 5.92 Å². The lowest BCUT2D eigenvalue weighted by Gasteiger charge is -2.28. The van der Waals surface area contributed by atoms with E-state index in [1.165, 1.54) is 6.07 Å². The predicted octanol–water partition coefficient (Wildman–Crippen LogP) is 3.44. The molecule has 0 unspecified atom stereocenters. The van der Waals surface area contributed by atoms with Gasteiger partial charge in [0.2, 0.25) is 5.91 Å². The highest BCUT2D eigenvalue weighted by molar-refractivity contribution is 5.79. The average Bonchev–Trinajstić information content (AvgIpc) is 2.84.